The molecule has 2 heterocycles. The average molecular weight is 366 g/mol. The van der Waals surface area contributed by atoms with E-state index in [1.165, 1.54) is 11.3 Å². The highest BCUT2D eigenvalue weighted by Crippen LogP contribution is 2.33. The summed E-state index contributed by atoms with van der Waals surface area (Å²) in [5.74, 6) is 0.720. The van der Waals surface area contributed by atoms with Crippen molar-refractivity contribution >= 4 is 16.8 Å². The fraction of sp³-hybridized carbons (Fsp3) is 0.429. The summed E-state index contributed by atoms with van der Waals surface area (Å²) in [6, 6.07) is 5.88. The molecule has 1 aliphatic carbocycles. The number of nitrogens with zero attached hydrogens (tertiary/aromatic N) is 3. The molecule has 0 bridgehead atoms. The lowest BCUT2D eigenvalue weighted by Gasteiger charge is -2.24. The number of methoxy groups -OCH3 is 1. The van der Waals surface area contributed by atoms with Gasteiger partial charge >= 0.3 is 0 Å². The van der Waals surface area contributed by atoms with Crippen molar-refractivity contribution in [3.63, 3.8) is 0 Å². The minimum absolute atomic E-state index is 0.00946. The number of carbonyl (C=O) groups excluding carboxylic acids is 1. The van der Waals surface area contributed by atoms with Crippen LogP contribution in [-0.4, -0.2) is 27.4 Å². The quantitative estimate of drug-likeness (QED) is 0.773. The Morgan fingerprint density at radius 1 is 1.30 bits per heavy atom. The first-order valence-corrected chi connectivity index (χ1v) is 9.38. The summed E-state index contributed by atoms with van der Waals surface area (Å²) >= 11 is 0. The van der Waals surface area contributed by atoms with E-state index < -0.39 is 0 Å². The molecule has 6 nitrogen and oxygen atoms in total. The van der Waals surface area contributed by atoms with Crippen LogP contribution in [0.1, 0.15) is 51.9 Å². The summed E-state index contributed by atoms with van der Waals surface area (Å²) in [5.41, 5.74) is 6.14. The zero-order valence-electron chi connectivity index (χ0n) is 16.6. The number of aromatic nitrogens is 3. The first-order valence-electron chi connectivity index (χ1n) is 9.38. The van der Waals surface area contributed by atoms with Gasteiger partial charge in [0.15, 0.2) is 0 Å². The molecule has 0 saturated carbocycles. The van der Waals surface area contributed by atoms with Crippen LogP contribution in [0, 0.1) is 13.8 Å². The van der Waals surface area contributed by atoms with Gasteiger partial charge in [0, 0.05) is 41.9 Å². The summed E-state index contributed by atoms with van der Waals surface area (Å²) in [5, 5.41) is 8.77. The number of hydrogen-bond donors (Lipinski definition) is 1. The SMILES string of the molecule is COc1ccc2c(c1)c(C(=O)NC1CCCc3c1c(C)nn3C)c(C)n2C. The second-order valence-electron chi connectivity index (χ2n) is 7.39. The zero-order chi connectivity index (χ0) is 19.3. The van der Waals surface area contributed by atoms with Crippen LogP contribution in [0.25, 0.3) is 10.9 Å². The van der Waals surface area contributed by atoms with E-state index in [9.17, 15) is 4.79 Å². The van der Waals surface area contributed by atoms with Gasteiger partial charge in [-0.25, -0.2) is 0 Å². The van der Waals surface area contributed by atoms with Gasteiger partial charge in [-0.2, -0.15) is 5.10 Å². The maximum Gasteiger partial charge on any atom is 0.254 e. The number of nitrogens with one attached hydrogen (secondary N) is 1. The van der Waals surface area contributed by atoms with Crippen molar-refractivity contribution < 1.29 is 9.53 Å². The molecule has 1 aliphatic rings. The Bertz CT molecular complexity index is 1040. The third-order valence-corrected chi connectivity index (χ3v) is 5.88. The van der Waals surface area contributed by atoms with E-state index in [-0.39, 0.29) is 11.9 Å². The molecule has 0 radical (unpaired) electrons. The normalized spacial score (nSPS) is 16.4. The molecule has 0 aliphatic heterocycles. The van der Waals surface area contributed by atoms with Gasteiger partial charge in [-0.15, -0.1) is 0 Å². The van der Waals surface area contributed by atoms with Crippen molar-refractivity contribution in [1.29, 1.82) is 0 Å². The van der Waals surface area contributed by atoms with Crippen molar-refractivity contribution in [2.75, 3.05) is 7.11 Å². The van der Waals surface area contributed by atoms with Crippen molar-refractivity contribution in [1.82, 2.24) is 19.7 Å². The van der Waals surface area contributed by atoms with Gasteiger partial charge < -0.3 is 14.6 Å². The number of hydrogen-bond acceptors (Lipinski definition) is 3. The van der Waals surface area contributed by atoms with Crippen molar-refractivity contribution in [3.8, 4) is 5.75 Å². The second kappa shape index (κ2) is 6.44. The Kier molecular flexibility index (Phi) is 4.21. The Labute approximate surface area is 159 Å². The smallest absolute Gasteiger partial charge is 0.254 e. The molecular weight excluding hydrogens is 340 g/mol. The highest BCUT2D eigenvalue weighted by Gasteiger charge is 2.29. The maximum atomic E-state index is 13.3. The molecule has 3 aromatic rings. The van der Waals surface area contributed by atoms with E-state index in [1.807, 2.05) is 50.8 Å². The average Bonchev–Trinajstić information content (AvgIpc) is 3.09. The number of fused-ring (bicyclic) bond motifs is 2. The van der Waals surface area contributed by atoms with Crippen molar-refractivity contribution in [2.45, 2.75) is 39.2 Å². The van der Waals surface area contributed by atoms with E-state index in [1.54, 1.807) is 7.11 Å². The van der Waals surface area contributed by atoms with Crippen molar-refractivity contribution in [2.24, 2.45) is 14.1 Å². The lowest BCUT2D eigenvalue weighted by atomic mass is 9.90. The number of benzene rings is 1. The van der Waals surface area contributed by atoms with E-state index in [0.29, 0.717) is 0 Å². The van der Waals surface area contributed by atoms with Crippen molar-refractivity contribution in [3.05, 3.63) is 46.4 Å². The fourth-order valence-electron chi connectivity index (χ4n) is 4.43. The van der Waals surface area contributed by atoms with Crippen LogP contribution in [0.5, 0.6) is 5.75 Å². The molecule has 27 heavy (non-hydrogen) atoms. The van der Waals surface area contributed by atoms with Crippen LogP contribution in [0.4, 0.5) is 0 Å². The van der Waals surface area contributed by atoms with Crippen LogP contribution >= 0.6 is 0 Å². The van der Waals surface area contributed by atoms with Crippen LogP contribution in [0.2, 0.25) is 0 Å². The summed E-state index contributed by atoms with van der Waals surface area (Å²) in [4.78, 5) is 13.3. The van der Waals surface area contributed by atoms with E-state index in [0.717, 1.165) is 52.9 Å². The Balaban J connectivity index is 1.74. The first-order chi connectivity index (χ1) is 12.9. The number of aryl methyl sites for hydroxylation is 3. The highest BCUT2D eigenvalue weighted by molar-refractivity contribution is 6.09. The molecule has 1 atom stereocenters. The molecule has 0 fully saturated rings. The summed E-state index contributed by atoms with van der Waals surface area (Å²) in [6.07, 6.45) is 3.02. The number of ether oxygens (including phenoxy) is 1. The topological polar surface area (TPSA) is 61.1 Å². The Hall–Kier alpha value is -2.76. The van der Waals surface area contributed by atoms with Gasteiger partial charge in [0.2, 0.25) is 0 Å². The molecule has 1 unspecified atom stereocenters. The maximum absolute atomic E-state index is 13.3. The van der Waals surface area contributed by atoms with E-state index in [2.05, 4.69) is 15.0 Å². The summed E-state index contributed by atoms with van der Waals surface area (Å²) in [6.45, 7) is 4.01. The molecule has 142 valence electrons. The van der Waals surface area contributed by atoms with Crippen LogP contribution in [0.3, 0.4) is 0 Å². The number of rotatable bonds is 3. The third-order valence-electron chi connectivity index (χ3n) is 5.88. The predicted molar refractivity (Wildman–Crippen MR) is 105 cm³/mol. The van der Waals surface area contributed by atoms with Crippen LogP contribution < -0.4 is 10.1 Å². The Morgan fingerprint density at radius 2 is 2.07 bits per heavy atom. The Morgan fingerprint density at radius 3 is 2.81 bits per heavy atom. The monoisotopic (exact) mass is 366 g/mol. The lowest BCUT2D eigenvalue weighted by molar-refractivity contribution is 0.0933. The van der Waals surface area contributed by atoms with Crippen LogP contribution in [-0.2, 0) is 20.5 Å². The number of carbonyl (C=O) groups is 1. The molecule has 1 aromatic carbocycles. The van der Waals surface area contributed by atoms with Gasteiger partial charge in [-0.05, 0) is 51.3 Å². The molecule has 6 heteroatoms. The summed E-state index contributed by atoms with van der Waals surface area (Å²) < 4.78 is 9.39. The lowest BCUT2D eigenvalue weighted by Crippen LogP contribution is -2.31. The van der Waals surface area contributed by atoms with Gasteiger partial charge in [-0.1, -0.05) is 0 Å². The molecule has 0 spiro atoms. The van der Waals surface area contributed by atoms with Crippen LogP contribution in [0.15, 0.2) is 18.2 Å². The molecule has 0 saturated heterocycles. The number of amides is 1. The standard InChI is InChI=1S/C21H26N4O2/c1-12-19-16(7-6-8-18(19)25(4)23-12)22-21(26)20-13(2)24(3)17-10-9-14(27-5)11-15(17)20/h9-11,16H,6-8H2,1-5H3,(H,22,26). The molecule has 2 aromatic heterocycles. The molecule has 1 N–H and O–H groups in total. The molecular formula is C21H26N4O2. The van der Waals surface area contributed by atoms with Gasteiger partial charge in [0.1, 0.15) is 5.75 Å². The fourth-order valence-corrected chi connectivity index (χ4v) is 4.43. The van der Waals surface area contributed by atoms with Gasteiger partial charge in [-0.3, -0.25) is 9.48 Å². The van der Waals surface area contributed by atoms with E-state index in [4.69, 9.17) is 4.74 Å². The van der Waals surface area contributed by atoms with Gasteiger partial charge in [0.05, 0.1) is 24.4 Å². The first kappa shape index (κ1) is 17.6. The zero-order valence-corrected chi connectivity index (χ0v) is 16.6. The third kappa shape index (κ3) is 2.71. The highest BCUT2D eigenvalue weighted by atomic mass is 16.5. The predicted octanol–water partition coefficient (Wildman–Crippen LogP) is 3.34. The molecule has 1 amide bonds. The second-order valence-corrected chi connectivity index (χ2v) is 7.39. The minimum atomic E-state index is -0.0348. The van der Waals surface area contributed by atoms with Gasteiger partial charge in [0.25, 0.3) is 5.91 Å². The largest absolute Gasteiger partial charge is 0.497 e. The summed E-state index contributed by atoms with van der Waals surface area (Å²) in [7, 11) is 5.62. The van der Waals surface area contributed by atoms with E-state index >= 15 is 0 Å². The molecule has 4 rings (SSSR count). The minimum Gasteiger partial charge on any atom is -0.497 e.